The second kappa shape index (κ2) is 5.93. The first-order chi connectivity index (χ1) is 8.97. The van der Waals surface area contributed by atoms with Crippen LogP contribution < -0.4 is 4.74 Å². The number of rotatable bonds is 3. The molecule has 0 aromatic heterocycles. The van der Waals surface area contributed by atoms with E-state index in [1.54, 1.807) is 0 Å². The first-order valence-corrected chi connectivity index (χ1v) is 7.08. The quantitative estimate of drug-likeness (QED) is 0.910. The Morgan fingerprint density at radius 1 is 1.32 bits per heavy atom. The molecule has 0 bridgehead atoms. The highest BCUT2D eigenvalue weighted by molar-refractivity contribution is 5.33. The minimum atomic E-state index is -0.257. The molecule has 3 nitrogen and oxygen atoms in total. The van der Waals surface area contributed by atoms with Gasteiger partial charge in [0.2, 0.25) is 0 Å². The molecule has 0 aliphatic carbocycles. The van der Waals surface area contributed by atoms with E-state index in [-0.39, 0.29) is 11.5 Å². The van der Waals surface area contributed by atoms with Crippen LogP contribution in [0.2, 0.25) is 0 Å². The second-order valence-electron chi connectivity index (χ2n) is 6.40. The van der Waals surface area contributed by atoms with Crippen molar-refractivity contribution >= 4 is 0 Å². The summed E-state index contributed by atoms with van der Waals surface area (Å²) < 4.78 is 5.75. The highest BCUT2D eigenvalue weighted by atomic mass is 16.5. The van der Waals surface area contributed by atoms with Gasteiger partial charge in [0.25, 0.3) is 0 Å². The largest absolute Gasteiger partial charge is 0.492 e. The lowest BCUT2D eigenvalue weighted by molar-refractivity contribution is 0.0443. The Morgan fingerprint density at radius 2 is 2.05 bits per heavy atom. The van der Waals surface area contributed by atoms with E-state index < -0.39 is 0 Å². The molecule has 1 aliphatic heterocycles. The monoisotopic (exact) mass is 263 g/mol. The predicted octanol–water partition coefficient (Wildman–Crippen LogP) is 2.68. The molecule has 0 saturated heterocycles. The summed E-state index contributed by atoms with van der Waals surface area (Å²) >= 11 is 0. The number of ether oxygens (including phenoxy) is 1. The minimum absolute atomic E-state index is 0.0414. The van der Waals surface area contributed by atoms with Crippen LogP contribution in [0.1, 0.15) is 32.8 Å². The lowest BCUT2D eigenvalue weighted by atomic mass is 9.87. The summed E-state index contributed by atoms with van der Waals surface area (Å²) in [6.07, 6.45) is 0.554. The lowest BCUT2D eigenvalue weighted by Crippen LogP contribution is -2.33. The summed E-state index contributed by atoms with van der Waals surface area (Å²) in [5, 5.41) is 10.1. The number of hydrogen-bond acceptors (Lipinski definition) is 3. The molecule has 1 unspecified atom stereocenters. The zero-order valence-electron chi connectivity index (χ0n) is 12.2. The second-order valence-corrected chi connectivity index (χ2v) is 6.40. The van der Waals surface area contributed by atoms with Crippen LogP contribution in [0.3, 0.4) is 0 Å². The van der Waals surface area contributed by atoms with Gasteiger partial charge in [-0.3, -0.25) is 4.90 Å². The zero-order chi connectivity index (χ0) is 13.9. The summed E-state index contributed by atoms with van der Waals surface area (Å²) in [7, 11) is 0. The van der Waals surface area contributed by atoms with Gasteiger partial charge in [0.1, 0.15) is 12.4 Å². The molecule has 0 spiro atoms. The van der Waals surface area contributed by atoms with Gasteiger partial charge < -0.3 is 9.84 Å². The standard InChI is InChI=1S/C16H25NO2/c1-16(2,3)15(18)8-9-17-10-11-19-14-7-5-4-6-13(14)12-17/h4-7,15,18H,8-12H2,1-3H3. The van der Waals surface area contributed by atoms with Crippen LogP contribution in [0.5, 0.6) is 5.75 Å². The van der Waals surface area contributed by atoms with Gasteiger partial charge in [-0.05, 0) is 17.9 Å². The number of para-hydroxylation sites is 1. The first-order valence-electron chi connectivity index (χ1n) is 7.08. The number of benzene rings is 1. The van der Waals surface area contributed by atoms with Crippen LogP contribution >= 0.6 is 0 Å². The molecule has 3 heteroatoms. The van der Waals surface area contributed by atoms with E-state index in [0.717, 1.165) is 38.4 Å². The molecule has 1 N–H and O–H groups in total. The van der Waals surface area contributed by atoms with Gasteiger partial charge >= 0.3 is 0 Å². The average molecular weight is 263 g/mol. The fourth-order valence-corrected chi connectivity index (χ4v) is 2.31. The Balaban J connectivity index is 1.92. The molecule has 0 amide bonds. The van der Waals surface area contributed by atoms with E-state index in [1.165, 1.54) is 5.56 Å². The highest BCUT2D eigenvalue weighted by Gasteiger charge is 2.23. The number of aliphatic hydroxyl groups excluding tert-OH is 1. The van der Waals surface area contributed by atoms with Gasteiger partial charge in [0.15, 0.2) is 0 Å². The molecule has 0 saturated carbocycles. The Kier molecular flexibility index (Phi) is 4.48. The maximum absolute atomic E-state index is 10.1. The molecule has 106 valence electrons. The summed E-state index contributed by atoms with van der Waals surface area (Å²) in [6, 6.07) is 8.21. The smallest absolute Gasteiger partial charge is 0.123 e. The highest BCUT2D eigenvalue weighted by Crippen LogP contribution is 2.24. The Bertz CT molecular complexity index is 411. The van der Waals surface area contributed by atoms with Crippen molar-refractivity contribution in [3.8, 4) is 5.75 Å². The summed E-state index contributed by atoms with van der Waals surface area (Å²) in [5.74, 6) is 1.00. The van der Waals surface area contributed by atoms with Gasteiger partial charge in [-0.15, -0.1) is 0 Å². The molecular weight excluding hydrogens is 238 g/mol. The van der Waals surface area contributed by atoms with Crippen molar-refractivity contribution in [3.63, 3.8) is 0 Å². The van der Waals surface area contributed by atoms with Gasteiger partial charge in [0.05, 0.1) is 6.10 Å². The van der Waals surface area contributed by atoms with Crippen LogP contribution in [0.25, 0.3) is 0 Å². The number of nitrogens with zero attached hydrogens (tertiary/aromatic N) is 1. The molecule has 1 aromatic carbocycles. The average Bonchev–Trinajstić information content (AvgIpc) is 2.56. The number of hydrogen-bond donors (Lipinski definition) is 1. The molecule has 0 fully saturated rings. The topological polar surface area (TPSA) is 32.7 Å². The van der Waals surface area contributed by atoms with E-state index >= 15 is 0 Å². The maximum Gasteiger partial charge on any atom is 0.123 e. The summed E-state index contributed by atoms with van der Waals surface area (Å²) in [5.41, 5.74) is 1.20. The van der Waals surface area contributed by atoms with Crippen molar-refractivity contribution < 1.29 is 9.84 Å². The molecule has 1 aliphatic rings. The van der Waals surface area contributed by atoms with Crippen molar-refractivity contribution in [2.45, 2.75) is 39.8 Å². The number of fused-ring (bicyclic) bond motifs is 1. The van der Waals surface area contributed by atoms with Crippen molar-refractivity contribution in [3.05, 3.63) is 29.8 Å². The SMILES string of the molecule is CC(C)(C)C(O)CCN1CCOc2ccccc2C1. The Hall–Kier alpha value is -1.06. The van der Waals surface area contributed by atoms with E-state index in [1.807, 2.05) is 12.1 Å². The third-order valence-corrected chi connectivity index (χ3v) is 3.75. The Labute approximate surface area is 116 Å². The van der Waals surface area contributed by atoms with Gasteiger partial charge in [-0.25, -0.2) is 0 Å². The summed E-state index contributed by atoms with van der Waals surface area (Å²) in [6.45, 7) is 9.72. The van der Waals surface area contributed by atoms with Crippen molar-refractivity contribution in [1.29, 1.82) is 0 Å². The van der Waals surface area contributed by atoms with Crippen LogP contribution in [0.15, 0.2) is 24.3 Å². The van der Waals surface area contributed by atoms with Crippen molar-refractivity contribution in [1.82, 2.24) is 4.90 Å². The summed E-state index contributed by atoms with van der Waals surface area (Å²) in [4.78, 5) is 2.36. The lowest BCUT2D eigenvalue weighted by Gasteiger charge is -2.28. The molecule has 19 heavy (non-hydrogen) atoms. The molecule has 2 rings (SSSR count). The third-order valence-electron chi connectivity index (χ3n) is 3.75. The molecular formula is C16H25NO2. The number of aliphatic hydroxyl groups is 1. The van der Waals surface area contributed by atoms with Crippen LogP contribution in [-0.4, -0.2) is 35.8 Å². The van der Waals surface area contributed by atoms with Crippen LogP contribution in [0.4, 0.5) is 0 Å². The van der Waals surface area contributed by atoms with Crippen molar-refractivity contribution in [2.75, 3.05) is 19.7 Å². The van der Waals surface area contributed by atoms with E-state index in [0.29, 0.717) is 0 Å². The van der Waals surface area contributed by atoms with E-state index in [4.69, 9.17) is 4.74 Å². The normalized spacial score (nSPS) is 18.3. The molecule has 1 atom stereocenters. The predicted molar refractivity (Wildman–Crippen MR) is 77.3 cm³/mol. The first kappa shape index (κ1) is 14.4. The van der Waals surface area contributed by atoms with Crippen LogP contribution in [0, 0.1) is 5.41 Å². The fourth-order valence-electron chi connectivity index (χ4n) is 2.31. The van der Waals surface area contributed by atoms with E-state index in [9.17, 15) is 5.11 Å². The zero-order valence-corrected chi connectivity index (χ0v) is 12.2. The minimum Gasteiger partial charge on any atom is -0.492 e. The molecule has 1 heterocycles. The van der Waals surface area contributed by atoms with Crippen molar-refractivity contribution in [2.24, 2.45) is 5.41 Å². The third kappa shape index (κ3) is 3.95. The molecule has 0 radical (unpaired) electrons. The van der Waals surface area contributed by atoms with Gasteiger partial charge in [0, 0.05) is 25.2 Å². The van der Waals surface area contributed by atoms with Gasteiger partial charge in [-0.1, -0.05) is 39.0 Å². The van der Waals surface area contributed by atoms with E-state index in [2.05, 4.69) is 37.8 Å². The Morgan fingerprint density at radius 3 is 2.79 bits per heavy atom. The van der Waals surface area contributed by atoms with Gasteiger partial charge in [-0.2, -0.15) is 0 Å². The molecule has 1 aromatic rings. The fraction of sp³-hybridized carbons (Fsp3) is 0.625. The van der Waals surface area contributed by atoms with Crippen LogP contribution in [-0.2, 0) is 6.54 Å². The maximum atomic E-state index is 10.1.